The van der Waals surface area contributed by atoms with Crippen LogP contribution < -0.4 is 0 Å². The number of aromatic nitrogens is 2. The normalized spacial score (nSPS) is 12.7. The van der Waals surface area contributed by atoms with Crippen LogP contribution in [0.1, 0.15) is 24.5 Å². The van der Waals surface area contributed by atoms with Gasteiger partial charge >= 0.3 is 0 Å². The molecule has 0 saturated heterocycles. The zero-order chi connectivity index (χ0) is 12.4. The Morgan fingerprint density at radius 2 is 2.12 bits per heavy atom. The second kappa shape index (κ2) is 5.25. The van der Waals surface area contributed by atoms with Crippen LogP contribution in [0.5, 0.6) is 0 Å². The fourth-order valence-electron chi connectivity index (χ4n) is 1.32. The van der Waals surface area contributed by atoms with Crippen LogP contribution in [0.25, 0.3) is 11.5 Å². The molecule has 1 aromatic heterocycles. The van der Waals surface area contributed by atoms with Crippen molar-refractivity contribution < 1.29 is 4.52 Å². The molecule has 0 fully saturated rings. The predicted octanol–water partition coefficient (Wildman–Crippen LogP) is 4.73. The molecule has 0 aliphatic carbocycles. The van der Waals surface area contributed by atoms with Crippen LogP contribution >= 0.6 is 34.8 Å². The van der Waals surface area contributed by atoms with E-state index in [0.717, 1.165) is 6.42 Å². The molecule has 0 aliphatic heterocycles. The lowest BCUT2D eigenvalue weighted by Gasteiger charge is -1.99. The summed E-state index contributed by atoms with van der Waals surface area (Å²) in [6.07, 6.45) is 0.731. The number of hydrogen-bond donors (Lipinski definition) is 0. The van der Waals surface area contributed by atoms with E-state index in [4.69, 9.17) is 39.3 Å². The van der Waals surface area contributed by atoms with E-state index in [1.54, 1.807) is 18.2 Å². The largest absolute Gasteiger partial charge is 0.334 e. The lowest BCUT2D eigenvalue weighted by atomic mass is 10.2. The highest BCUT2D eigenvalue weighted by molar-refractivity contribution is 6.36. The number of alkyl halides is 1. The number of benzene rings is 1. The Hall–Kier alpha value is -0.770. The van der Waals surface area contributed by atoms with Crippen LogP contribution in [0.3, 0.4) is 0 Å². The van der Waals surface area contributed by atoms with E-state index in [2.05, 4.69) is 10.1 Å². The maximum atomic E-state index is 6.04. The lowest BCUT2D eigenvalue weighted by molar-refractivity contribution is 0.421. The standard InChI is InChI=1S/C11H9Cl3N2O/c1-2-8(13)10-15-11(17-16-10)7-4-3-6(12)5-9(7)14/h3-5,8H,2H2,1H3. The molecule has 0 bridgehead atoms. The zero-order valence-electron chi connectivity index (χ0n) is 8.95. The quantitative estimate of drug-likeness (QED) is 0.767. The molecule has 0 spiro atoms. The van der Waals surface area contributed by atoms with Gasteiger partial charge in [-0.3, -0.25) is 0 Å². The van der Waals surface area contributed by atoms with Crippen molar-refractivity contribution in [3.8, 4) is 11.5 Å². The summed E-state index contributed by atoms with van der Waals surface area (Å²) < 4.78 is 5.12. The minimum atomic E-state index is -0.251. The van der Waals surface area contributed by atoms with Gasteiger partial charge in [0.1, 0.15) is 0 Å². The third-order valence-electron chi connectivity index (χ3n) is 2.24. The number of halogens is 3. The van der Waals surface area contributed by atoms with Gasteiger partial charge in [-0.1, -0.05) is 35.3 Å². The first-order valence-electron chi connectivity index (χ1n) is 5.05. The summed E-state index contributed by atoms with van der Waals surface area (Å²) in [6, 6.07) is 5.07. The van der Waals surface area contributed by atoms with E-state index in [1.807, 2.05) is 6.92 Å². The van der Waals surface area contributed by atoms with E-state index in [1.165, 1.54) is 0 Å². The fraction of sp³-hybridized carbons (Fsp3) is 0.273. The molecule has 1 heterocycles. The van der Waals surface area contributed by atoms with Crippen LogP contribution in [0.4, 0.5) is 0 Å². The molecule has 3 nitrogen and oxygen atoms in total. The average molecular weight is 292 g/mol. The second-order valence-corrected chi connectivity index (χ2v) is 4.83. The first-order chi connectivity index (χ1) is 8.11. The van der Waals surface area contributed by atoms with Gasteiger partial charge in [0.15, 0.2) is 5.82 Å². The first-order valence-corrected chi connectivity index (χ1v) is 6.24. The lowest BCUT2D eigenvalue weighted by Crippen LogP contribution is -1.90. The minimum Gasteiger partial charge on any atom is -0.334 e. The van der Waals surface area contributed by atoms with E-state index < -0.39 is 0 Å². The molecule has 0 saturated carbocycles. The smallest absolute Gasteiger partial charge is 0.259 e. The van der Waals surface area contributed by atoms with Crippen molar-refractivity contribution >= 4 is 34.8 Å². The molecular weight excluding hydrogens is 282 g/mol. The summed E-state index contributed by atoms with van der Waals surface area (Å²) in [5, 5.41) is 4.59. The van der Waals surface area contributed by atoms with Crippen molar-refractivity contribution in [1.29, 1.82) is 0 Å². The van der Waals surface area contributed by atoms with Crippen LogP contribution in [0.15, 0.2) is 22.7 Å². The van der Waals surface area contributed by atoms with Gasteiger partial charge in [-0.2, -0.15) is 4.98 Å². The molecule has 1 atom stereocenters. The van der Waals surface area contributed by atoms with Crippen LogP contribution in [-0.2, 0) is 0 Å². The summed E-state index contributed by atoms with van der Waals surface area (Å²) in [7, 11) is 0. The van der Waals surface area contributed by atoms with Gasteiger partial charge in [-0.05, 0) is 24.6 Å². The molecule has 1 aromatic carbocycles. The molecule has 0 aliphatic rings. The Labute approximate surface area is 114 Å². The van der Waals surface area contributed by atoms with E-state index in [0.29, 0.717) is 27.3 Å². The molecule has 6 heteroatoms. The summed E-state index contributed by atoms with van der Waals surface area (Å²) in [6.45, 7) is 1.95. The Balaban J connectivity index is 2.37. The van der Waals surface area contributed by atoms with Gasteiger partial charge in [0.2, 0.25) is 0 Å². The van der Waals surface area contributed by atoms with E-state index in [9.17, 15) is 0 Å². The summed E-state index contributed by atoms with van der Waals surface area (Å²) in [5.74, 6) is 0.816. The Kier molecular flexibility index (Phi) is 3.92. The number of rotatable bonds is 3. The zero-order valence-corrected chi connectivity index (χ0v) is 11.2. The van der Waals surface area contributed by atoms with Gasteiger partial charge in [0, 0.05) is 5.02 Å². The second-order valence-electron chi connectivity index (χ2n) is 3.46. The molecule has 0 radical (unpaired) electrons. The SMILES string of the molecule is CCC(Cl)c1noc(-c2ccc(Cl)cc2Cl)n1. The van der Waals surface area contributed by atoms with Gasteiger partial charge in [-0.15, -0.1) is 11.6 Å². The van der Waals surface area contributed by atoms with E-state index >= 15 is 0 Å². The van der Waals surface area contributed by atoms with Crippen LogP contribution in [0, 0.1) is 0 Å². The van der Waals surface area contributed by atoms with Crippen molar-refractivity contribution in [3.63, 3.8) is 0 Å². The van der Waals surface area contributed by atoms with Gasteiger partial charge in [-0.25, -0.2) is 0 Å². The number of nitrogens with zero attached hydrogens (tertiary/aromatic N) is 2. The summed E-state index contributed by atoms with van der Waals surface area (Å²) >= 11 is 17.9. The Bertz CT molecular complexity index is 527. The van der Waals surface area contributed by atoms with Crippen molar-refractivity contribution in [2.45, 2.75) is 18.7 Å². The maximum Gasteiger partial charge on any atom is 0.259 e. The monoisotopic (exact) mass is 290 g/mol. The van der Waals surface area contributed by atoms with E-state index in [-0.39, 0.29) is 5.38 Å². The highest BCUT2D eigenvalue weighted by atomic mass is 35.5. The first kappa shape index (κ1) is 12.7. The van der Waals surface area contributed by atoms with Crippen molar-refractivity contribution in [1.82, 2.24) is 10.1 Å². The minimum absolute atomic E-state index is 0.251. The fourth-order valence-corrected chi connectivity index (χ4v) is 1.89. The topological polar surface area (TPSA) is 38.9 Å². The number of hydrogen-bond acceptors (Lipinski definition) is 3. The average Bonchev–Trinajstić information content (AvgIpc) is 2.77. The van der Waals surface area contributed by atoms with Gasteiger partial charge in [0.05, 0.1) is 16.0 Å². The Morgan fingerprint density at radius 3 is 2.76 bits per heavy atom. The van der Waals surface area contributed by atoms with Crippen LogP contribution in [-0.4, -0.2) is 10.1 Å². The van der Waals surface area contributed by atoms with Crippen molar-refractivity contribution in [3.05, 3.63) is 34.1 Å². The molecule has 2 rings (SSSR count). The summed E-state index contributed by atoms with van der Waals surface area (Å²) in [5.41, 5.74) is 0.648. The molecule has 2 aromatic rings. The predicted molar refractivity (Wildman–Crippen MR) is 68.6 cm³/mol. The molecule has 17 heavy (non-hydrogen) atoms. The van der Waals surface area contributed by atoms with Gasteiger partial charge < -0.3 is 4.52 Å². The summed E-state index contributed by atoms with van der Waals surface area (Å²) in [4.78, 5) is 4.20. The Morgan fingerprint density at radius 1 is 1.35 bits per heavy atom. The van der Waals surface area contributed by atoms with Crippen molar-refractivity contribution in [2.75, 3.05) is 0 Å². The molecule has 0 N–H and O–H groups in total. The third kappa shape index (κ3) is 2.73. The van der Waals surface area contributed by atoms with Crippen molar-refractivity contribution in [2.24, 2.45) is 0 Å². The highest BCUT2D eigenvalue weighted by Gasteiger charge is 2.16. The third-order valence-corrected chi connectivity index (χ3v) is 3.29. The molecule has 90 valence electrons. The maximum absolute atomic E-state index is 6.04. The highest BCUT2D eigenvalue weighted by Crippen LogP contribution is 2.30. The van der Waals surface area contributed by atoms with Gasteiger partial charge in [0.25, 0.3) is 5.89 Å². The van der Waals surface area contributed by atoms with Crippen LogP contribution in [0.2, 0.25) is 10.0 Å². The molecule has 0 amide bonds. The molecule has 1 unspecified atom stereocenters. The molecular formula is C11H9Cl3N2O.